The van der Waals surface area contributed by atoms with E-state index in [1.165, 1.54) is 11.0 Å². The minimum atomic E-state index is -2.87. The molecule has 0 bridgehead atoms. The van der Waals surface area contributed by atoms with Crippen molar-refractivity contribution >= 4 is 23.2 Å². The van der Waals surface area contributed by atoms with E-state index >= 15 is 0 Å². The van der Waals surface area contributed by atoms with Crippen molar-refractivity contribution in [2.75, 3.05) is 55.9 Å². The van der Waals surface area contributed by atoms with Gasteiger partial charge in [-0.2, -0.15) is 0 Å². The second-order valence-corrected chi connectivity index (χ2v) is 11.4. The zero-order valence-electron chi connectivity index (χ0n) is 24.0. The van der Waals surface area contributed by atoms with E-state index in [0.717, 1.165) is 16.8 Å². The number of anilines is 2. The summed E-state index contributed by atoms with van der Waals surface area (Å²) in [5, 5.41) is 10.1. The third-order valence-electron chi connectivity index (χ3n) is 8.78. The van der Waals surface area contributed by atoms with E-state index in [9.17, 15) is 18.7 Å². The first-order valence-electron chi connectivity index (χ1n) is 14.5. The van der Waals surface area contributed by atoms with Gasteiger partial charge in [0.15, 0.2) is 0 Å². The molecule has 0 aromatic carbocycles. The summed E-state index contributed by atoms with van der Waals surface area (Å²) < 4.78 is 51.4. The molecule has 0 radical (unpaired) electrons. The lowest BCUT2D eigenvalue weighted by atomic mass is 9.90. The van der Waals surface area contributed by atoms with Gasteiger partial charge in [-0.05, 0) is 36.8 Å². The number of carboxylic acids is 1. The maximum atomic E-state index is 13.9. The van der Waals surface area contributed by atoms with E-state index in [-0.39, 0.29) is 30.6 Å². The van der Waals surface area contributed by atoms with Crippen LogP contribution in [-0.2, 0) is 19.0 Å². The van der Waals surface area contributed by atoms with Gasteiger partial charge in [-0.1, -0.05) is 6.08 Å². The second-order valence-electron chi connectivity index (χ2n) is 11.4. The highest BCUT2D eigenvalue weighted by molar-refractivity contribution is 5.78. The molecule has 3 atom stereocenters. The molecule has 3 aromatic rings. The molecule has 0 saturated carbocycles. The number of hydrogen-bond acceptors (Lipinski definition) is 10. The fourth-order valence-electron chi connectivity index (χ4n) is 6.22. The molecule has 3 aromatic heterocycles. The first-order valence-corrected chi connectivity index (χ1v) is 14.5. The summed E-state index contributed by atoms with van der Waals surface area (Å²) in [6.07, 6.45) is 1.98. The number of alkyl halides is 2. The number of rotatable bonds is 8. The number of nitrogens with one attached hydrogen (secondary N) is 1. The summed E-state index contributed by atoms with van der Waals surface area (Å²) in [5.41, 5.74) is 2.53. The van der Waals surface area contributed by atoms with Crippen molar-refractivity contribution in [2.24, 2.45) is 0 Å². The molecule has 4 aliphatic rings. The number of aromatic amines is 1. The molecular weight excluding hydrogens is 578 g/mol. The van der Waals surface area contributed by atoms with Crippen LogP contribution in [0.15, 0.2) is 42.7 Å². The molecule has 12 nitrogen and oxygen atoms in total. The van der Waals surface area contributed by atoms with E-state index in [2.05, 4.69) is 26.8 Å². The minimum absolute atomic E-state index is 0.0399. The quantitative estimate of drug-likeness (QED) is 0.389. The lowest BCUT2D eigenvalue weighted by Gasteiger charge is -2.53. The number of carboxylic acid groups (broad SMARTS) is 1. The van der Waals surface area contributed by atoms with Crippen molar-refractivity contribution < 1.29 is 37.6 Å². The largest absolute Gasteiger partial charge is 0.480 e. The Hall–Kier alpha value is -4.14. The topological polar surface area (TPSA) is 135 Å². The van der Waals surface area contributed by atoms with Crippen LogP contribution in [-0.4, -0.2) is 101 Å². The van der Waals surface area contributed by atoms with E-state index in [1.54, 1.807) is 24.5 Å². The number of ether oxygens (including phenoxy) is 4. The van der Waals surface area contributed by atoms with Gasteiger partial charge in [0.2, 0.25) is 11.8 Å². The average molecular weight is 611 g/mol. The Morgan fingerprint density at radius 3 is 2.77 bits per heavy atom. The molecule has 7 rings (SSSR count). The molecule has 44 heavy (non-hydrogen) atoms. The van der Waals surface area contributed by atoms with Crippen LogP contribution in [0.1, 0.15) is 31.0 Å². The van der Waals surface area contributed by atoms with Crippen LogP contribution in [0, 0.1) is 0 Å². The van der Waals surface area contributed by atoms with Gasteiger partial charge in [-0.25, -0.2) is 28.5 Å². The first kappa shape index (κ1) is 28.6. The van der Waals surface area contributed by atoms with Crippen molar-refractivity contribution in [3.8, 4) is 17.3 Å². The zero-order valence-corrected chi connectivity index (χ0v) is 24.0. The lowest BCUT2D eigenvalue weighted by molar-refractivity contribution is -0.228. The summed E-state index contributed by atoms with van der Waals surface area (Å²) >= 11 is 0. The standard InChI is InChI=1S/C30H32F2N6O6/c1-17-30(15-42-16-30)43-8-6-37(17)24-9-19(18-4-7-41-14-18)12-34-27(24)44-20-10-25(28(39)40)38(13-20)29-35-22(21-3-2-5-33-21)11-23(36-29)26(31)32/h2-5,9,11-12,17,20,25-26,33H,6-8,10,13-16H2,1H3,(H,39,40)/t17-,20-,25-/m0/s1. The predicted molar refractivity (Wildman–Crippen MR) is 154 cm³/mol. The van der Waals surface area contributed by atoms with E-state index < -0.39 is 35.8 Å². The highest BCUT2D eigenvalue weighted by atomic mass is 19.3. The number of H-pyrrole nitrogens is 1. The fourth-order valence-corrected chi connectivity index (χ4v) is 6.22. The Balaban J connectivity index is 1.21. The van der Waals surface area contributed by atoms with Gasteiger partial charge in [0.25, 0.3) is 6.43 Å². The monoisotopic (exact) mass is 610 g/mol. The summed E-state index contributed by atoms with van der Waals surface area (Å²) in [5.74, 6) is -0.881. The molecule has 3 saturated heterocycles. The Kier molecular flexibility index (Phi) is 7.42. The highest BCUT2D eigenvalue weighted by Crippen LogP contribution is 2.40. The molecule has 0 amide bonds. The maximum absolute atomic E-state index is 13.9. The molecule has 0 aliphatic carbocycles. The summed E-state index contributed by atoms with van der Waals surface area (Å²) in [7, 11) is 0. The molecule has 232 valence electrons. The number of morpholine rings is 1. The number of halogens is 2. The molecular formula is C30H32F2N6O6. The number of nitrogens with zero attached hydrogens (tertiary/aromatic N) is 5. The molecule has 3 fully saturated rings. The molecule has 14 heteroatoms. The fraction of sp³-hybridized carbons (Fsp3) is 0.467. The third kappa shape index (κ3) is 5.16. The SMILES string of the molecule is C[C@@H]1N(c2cc(C3=CCOC3)cnc2O[C@H]2C[C@@H](C(=O)O)N(c3nc(-c4ccc[nH]4)cc(C(F)F)n3)C2)CCOC12COC2. The Morgan fingerprint density at radius 1 is 1.23 bits per heavy atom. The van der Waals surface area contributed by atoms with Crippen molar-refractivity contribution in [1.29, 1.82) is 0 Å². The number of carbonyl (C=O) groups is 1. The first-order chi connectivity index (χ1) is 21.3. The molecule has 2 N–H and O–H groups in total. The summed E-state index contributed by atoms with van der Waals surface area (Å²) in [4.78, 5) is 32.2. The normalized spacial score (nSPS) is 24.5. The van der Waals surface area contributed by atoms with E-state index in [1.807, 2.05) is 12.1 Å². The van der Waals surface area contributed by atoms with Crippen LogP contribution in [0.5, 0.6) is 5.88 Å². The maximum Gasteiger partial charge on any atom is 0.326 e. The van der Waals surface area contributed by atoms with E-state index in [0.29, 0.717) is 51.2 Å². The lowest BCUT2D eigenvalue weighted by Crippen LogP contribution is -2.68. The smallest absolute Gasteiger partial charge is 0.326 e. The number of pyridine rings is 1. The van der Waals surface area contributed by atoms with Gasteiger partial charge in [0.05, 0.1) is 57.0 Å². The molecule has 0 unspecified atom stereocenters. The van der Waals surface area contributed by atoms with Crippen LogP contribution in [0.2, 0.25) is 0 Å². The van der Waals surface area contributed by atoms with Crippen molar-refractivity contribution in [3.05, 3.63) is 54.0 Å². The Bertz CT molecular complexity index is 1570. The minimum Gasteiger partial charge on any atom is -0.480 e. The van der Waals surface area contributed by atoms with Crippen LogP contribution in [0.3, 0.4) is 0 Å². The summed E-state index contributed by atoms with van der Waals surface area (Å²) in [6.45, 7) is 5.26. The molecule has 7 heterocycles. The van der Waals surface area contributed by atoms with Crippen molar-refractivity contribution in [1.82, 2.24) is 19.9 Å². The number of aliphatic carboxylic acids is 1. The van der Waals surface area contributed by atoms with Gasteiger partial charge in [-0.15, -0.1) is 0 Å². The Morgan fingerprint density at radius 2 is 2.09 bits per heavy atom. The highest BCUT2D eigenvalue weighted by Gasteiger charge is 2.50. The van der Waals surface area contributed by atoms with Gasteiger partial charge >= 0.3 is 5.97 Å². The second kappa shape index (κ2) is 11.4. The van der Waals surface area contributed by atoms with Gasteiger partial charge in [0.1, 0.15) is 29.1 Å². The van der Waals surface area contributed by atoms with Gasteiger partial charge < -0.3 is 38.8 Å². The molecule has 4 aliphatic heterocycles. The molecule has 1 spiro atoms. The summed E-state index contributed by atoms with van der Waals surface area (Å²) in [6, 6.07) is 5.51. The number of hydrogen-bond donors (Lipinski definition) is 2. The van der Waals surface area contributed by atoms with Crippen LogP contribution >= 0.6 is 0 Å². The Labute approximate surface area is 251 Å². The number of aromatic nitrogens is 4. The zero-order chi connectivity index (χ0) is 30.4. The van der Waals surface area contributed by atoms with Crippen molar-refractivity contribution in [3.63, 3.8) is 0 Å². The van der Waals surface area contributed by atoms with Crippen LogP contribution in [0.25, 0.3) is 17.0 Å². The van der Waals surface area contributed by atoms with E-state index in [4.69, 9.17) is 23.9 Å². The van der Waals surface area contributed by atoms with Crippen LogP contribution in [0.4, 0.5) is 20.4 Å². The predicted octanol–water partition coefficient (Wildman–Crippen LogP) is 3.32. The van der Waals surface area contributed by atoms with Gasteiger partial charge in [-0.3, -0.25) is 0 Å². The van der Waals surface area contributed by atoms with Gasteiger partial charge in [0, 0.05) is 30.9 Å². The third-order valence-corrected chi connectivity index (χ3v) is 8.78. The average Bonchev–Trinajstić information content (AvgIpc) is 3.79. The van der Waals surface area contributed by atoms with Crippen molar-refractivity contribution in [2.45, 2.75) is 43.6 Å². The van der Waals surface area contributed by atoms with Crippen LogP contribution < -0.4 is 14.5 Å².